The Morgan fingerprint density at radius 1 is 1.00 bits per heavy atom. The summed E-state index contributed by atoms with van der Waals surface area (Å²) < 4.78 is 35.8. The predicted octanol–water partition coefficient (Wildman–Crippen LogP) is 4.87. The van der Waals surface area contributed by atoms with Crippen LogP contribution >= 0.6 is 0 Å². The van der Waals surface area contributed by atoms with Crippen LogP contribution in [0.25, 0.3) is 11.1 Å². The highest BCUT2D eigenvalue weighted by molar-refractivity contribution is 7.86. The van der Waals surface area contributed by atoms with E-state index in [1.165, 1.54) is 0 Å². The minimum atomic E-state index is -3.69. The fourth-order valence-corrected chi connectivity index (χ4v) is 4.71. The zero-order valence-corrected chi connectivity index (χ0v) is 18.0. The molecule has 0 bridgehead atoms. The SMILES string of the molecule is Cc1ccc(S(=O)(=O)OCC2CCN(Cc3cc(-c4ccccc4)co3)CC2)cc1. The van der Waals surface area contributed by atoms with Crippen molar-refractivity contribution in [1.82, 2.24) is 4.90 Å². The van der Waals surface area contributed by atoms with Gasteiger partial charge in [-0.2, -0.15) is 8.42 Å². The van der Waals surface area contributed by atoms with Crippen molar-refractivity contribution in [3.8, 4) is 11.1 Å². The summed E-state index contributed by atoms with van der Waals surface area (Å²) >= 11 is 0. The molecule has 2 heterocycles. The van der Waals surface area contributed by atoms with Crippen LogP contribution in [-0.4, -0.2) is 33.0 Å². The minimum absolute atomic E-state index is 0.220. The van der Waals surface area contributed by atoms with Crippen molar-refractivity contribution in [2.75, 3.05) is 19.7 Å². The van der Waals surface area contributed by atoms with E-state index >= 15 is 0 Å². The van der Waals surface area contributed by atoms with E-state index in [0.29, 0.717) is 0 Å². The van der Waals surface area contributed by atoms with Crippen LogP contribution in [0.2, 0.25) is 0 Å². The lowest BCUT2D eigenvalue weighted by molar-refractivity contribution is 0.133. The summed E-state index contributed by atoms with van der Waals surface area (Å²) in [5.41, 5.74) is 3.27. The lowest BCUT2D eigenvalue weighted by Gasteiger charge is -2.30. The fraction of sp³-hybridized carbons (Fsp3) is 0.333. The Bertz CT molecular complexity index is 1050. The van der Waals surface area contributed by atoms with Gasteiger partial charge in [-0.3, -0.25) is 9.08 Å². The van der Waals surface area contributed by atoms with Gasteiger partial charge in [-0.15, -0.1) is 0 Å². The van der Waals surface area contributed by atoms with E-state index in [4.69, 9.17) is 8.60 Å². The van der Waals surface area contributed by atoms with Crippen molar-refractivity contribution in [1.29, 1.82) is 0 Å². The predicted molar refractivity (Wildman–Crippen MR) is 116 cm³/mol. The highest BCUT2D eigenvalue weighted by atomic mass is 32.2. The smallest absolute Gasteiger partial charge is 0.296 e. The van der Waals surface area contributed by atoms with Crippen LogP contribution in [0.15, 0.2) is 76.2 Å². The number of rotatable bonds is 7. The quantitative estimate of drug-likeness (QED) is 0.505. The molecule has 0 saturated carbocycles. The number of hydrogen-bond donors (Lipinski definition) is 0. The van der Waals surface area contributed by atoms with Gasteiger partial charge in [-0.25, -0.2) is 0 Å². The highest BCUT2D eigenvalue weighted by Crippen LogP contribution is 2.25. The van der Waals surface area contributed by atoms with Gasteiger partial charge in [-0.05, 0) is 62.5 Å². The maximum absolute atomic E-state index is 12.4. The van der Waals surface area contributed by atoms with Crippen molar-refractivity contribution in [2.45, 2.75) is 31.2 Å². The first-order chi connectivity index (χ1) is 14.5. The molecule has 6 heteroatoms. The van der Waals surface area contributed by atoms with Crippen LogP contribution in [0.4, 0.5) is 0 Å². The van der Waals surface area contributed by atoms with Crippen LogP contribution in [0.1, 0.15) is 24.2 Å². The Morgan fingerprint density at radius 3 is 2.40 bits per heavy atom. The average Bonchev–Trinajstić information content (AvgIpc) is 3.23. The Morgan fingerprint density at radius 2 is 1.70 bits per heavy atom. The maximum Gasteiger partial charge on any atom is 0.296 e. The van der Waals surface area contributed by atoms with Crippen molar-refractivity contribution in [2.24, 2.45) is 5.92 Å². The largest absolute Gasteiger partial charge is 0.467 e. The molecular weight excluding hydrogens is 398 g/mol. The van der Waals surface area contributed by atoms with E-state index < -0.39 is 10.1 Å². The molecule has 158 valence electrons. The first kappa shape index (κ1) is 20.8. The summed E-state index contributed by atoms with van der Waals surface area (Å²) in [5, 5.41) is 0. The van der Waals surface area contributed by atoms with E-state index in [0.717, 1.165) is 54.9 Å². The molecule has 2 aromatic carbocycles. The summed E-state index contributed by atoms with van der Waals surface area (Å²) in [5.74, 6) is 1.20. The molecule has 5 nitrogen and oxygen atoms in total. The molecule has 0 unspecified atom stereocenters. The molecule has 3 aromatic rings. The average molecular weight is 426 g/mol. The van der Waals surface area contributed by atoms with Gasteiger partial charge in [0.2, 0.25) is 0 Å². The number of likely N-dealkylation sites (tertiary alicyclic amines) is 1. The zero-order chi connectivity index (χ0) is 21.0. The fourth-order valence-electron chi connectivity index (χ4n) is 3.74. The molecule has 0 amide bonds. The molecule has 0 radical (unpaired) electrons. The van der Waals surface area contributed by atoms with Gasteiger partial charge >= 0.3 is 0 Å². The second-order valence-corrected chi connectivity index (χ2v) is 9.55. The first-order valence-electron chi connectivity index (χ1n) is 10.3. The van der Waals surface area contributed by atoms with Crippen molar-refractivity contribution >= 4 is 10.1 Å². The van der Waals surface area contributed by atoms with Crippen LogP contribution in [0, 0.1) is 12.8 Å². The Balaban J connectivity index is 1.25. The number of benzene rings is 2. The molecule has 1 aliphatic rings. The van der Waals surface area contributed by atoms with Gasteiger partial charge in [0, 0.05) is 5.56 Å². The lowest BCUT2D eigenvalue weighted by atomic mass is 9.98. The second-order valence-electron chi connectivity index (χ2n) is 7.94. The summed E-state index contributed by atoms with van der Waals surface area (Å²) in [7, 11) is -3.69. The molecule has 0 aliphatic carbocycles. The van der Waals surface area contributed by atoms with Gasteiger partial charge in [0.15, 0.2) is 0 Å². The molecule has 0 spiro atoms. The Kier molecular flexibility index (Phi) is 6.37. The third kappa shape index (κ3) is 5.19. The van der Waals surface area contributed by atoms with Gasteiger partial charge in [-0.1, -0.05) is 48.0 Å². The molecule has 0 N–H and O–H groups in total. The number of piperidine rings is 1. The van der Waals surface area contributed by atoms with Crippen molar-refractivity contribution < 1.29 is 17.0 Å². The Hall–Kier alpha value is -2.41. The third-order valence-corrected chi connectivity index (χ3v) is 6.91. The first-order valence-corrected chi connectivity index (χ1v) is 11.7. The topological polar surface area (TPSA) is 59.8 Å². The summed E-state index contributed by atoms with van der Waals surface area (Å²) in [6, 6.07) is 19.1. The number of nitrogens with zero attached hydrogens (tertiary/aromatic N) is 1. The van der Waals surface area contributed by atoms with Crippen molar-refractivity contribution in [3.63, 3.8) is 0 Å². The summed E-state index contributed by atoms with van der Waals surface area (Å²) in [6.45, 7) is 4.74. The van der Waals surface area contributed by atoms with E-state index in [2.05, 4.69) is 23.1 Å². The number of aryl methyl sites for hydroxylation is 1. The number of hydrogen-bond acceptors (Lipinski definition) is 5. The molecular formula is C24H27NO4S. The van der Waals surface area contributed by atoms with Gasteiger partial charge in [0.25, 0.3) is 10.1 Å². The molecule has 1 aromatic heterocycles. The Labute approximate surface area is 178 Å². The molecule has 1 aliphatic heterocycles. The standard InChI is InChI=1S/C24H27NO4S/c1-19-7-9-24(10-8-19)30(26,27)29-17-20-11-13-25(14-12-20)16-23-15-22(18-28-23)21-5-3-2-4-6-21/h2-10,15,18,20H,11-14,16-17H2,1H3. The normalized spacial score (nSPS) is 16.0. The summed E-state index contributed by atoms with van der Waals surface area (Å²) in [6.07, 6.45) is 3.63. The lowest BCUT2D eigenvalue weighted by Crippen LogP contribution is -2.34. The van der Waals surface area contributed by atoms with Gasteiger partial charge in [0.05, 0.1) is 24.3 Å². The van der Waals surface area contributed by atoms with Gasteiger partial charge < -0.3 is 4.42 Å². The zero-order valence-electron chi connectivity index (χ0n) is 17.2. The molecule has 30 heavy (non-hydrogen) atoms. The summed E-state index contributed by atoms with van der Waals surface area (Å²) in [4.78, 5) is 2.57. The molecule has 1 fully saturated rings. The molecule has 4 rings (SSSR count). The third-order valence-electron chi connectivity index (χ3n) is 5.62. The second kappa shape index (κ2) is 9.16. The van der Waals surface area contributed by atoms with Crippen LogP contribution in [0.5, 0.6) is 0 Å². The minimum Gasteiger partial charge on any atom is -0.467 e. The van der Waals surface area contributed by atoms with Crippen LogP contribution < -0.4 is 0 Å². The monoisotopic (exact) mass is 425 g/mol. The van der Waals surface area contributed by atoms with E-state index in [-0.39, 0.29) is 17.4 Å². The highest BCUT2D eigenvalue weighted by Gasteiger charge is 2.23. The van der Waals surface area contributed by atoms with E-state index in [1.54, 1.807) is 30.5 Å². The molecule has 1 saturated heterocycles. The number of furan rings is 1. The van der Waals surface area contributed by atoms with Crippen molar-refractivity contribution in [3.05, 3.63) is 78.3 Å². The van der Waals surface area contributed by atoms with Crippen LogP contribution in [-0.2, 0) is 20.8 Å². The van der Waals surface area contributed by atoms with Crippen LogP contribution in [0.3, 0.4) is 0 Å². The van der Waals surface area contributed by atoms with Gasteiger partial charge in [0.1, 0.15) is 5.76 Å². The van der Waals surface area contributed by atoms with E-state index in [1.807, 2.05) is 25.1 Å². The van der Waals surface area contributed by atoms with E-state index in [9.17, 15) is 8.42 Å². The molecule has 0 atom stereocenters. The maximum atomic E-state index is 12.4.